The van der Waals surface area contributed by atoms with Crippen molar-refractivity contribution in [1.29, 1.82) is 0 Å². The highest BCUT2D eigenvalue weighted by Gasteiger charge is 2.20. The van der Waals surface area contributed by atoms with Crippen molar-refractivity contribution in [1.82, 2.24) is 4.57 Å². The van der Waals surface area contributed by atoms with Gasteiger partial charge in [-0.15, -0.1) is 0 Å². The van der Waals surface area contributed by atoms with Crippen LogP contribution in [-0.4, -0.2) is 20.6 Å². The van der Waals surface area contributed by atoms with Crippen LogP contribution in [0.15, 0.2) is 16.5 Å². The van der Waals surface area contributed by atoms with Crippen molar-refractivity contribution in [3.05, 3.63) is 27.9 Å². The number of nitrogens with zero attached hydrogens (tertiary/aromatic N) is 2. The SMILES string of the molecule is Cn1c(C(=O)O)cc2oc([N+](=O)[O-])cc21. The zero-order valence-corrected chi connectivity index (χ0v) is 7.63. The van der Waals surface area contributed by atoms with Crippen LogP contribution in [0.1, 0.15) is 10.5 Å². The summed E-state index contributed by atoms with van der Waals surface area (Å²) in [6.07, 6.45) is 0. The summed E-state index contributed by atoms with van der Waals surface area (Å²) in [7, 11) is 1.50. The van der Waals surface area contributed by atoms with E-state index in [2.05, 4.69) is 0 Å². The van der Waals surface area contributed by atoms with Crippen LogP contribution in [0.2, 0.25) is 0 Å². The molecule has 2 aromatic heterocycles. The van der Waals surface area contributed by atoms with Gasteiger partial charge >= 0.3 is 11.9 Å². The van der Waals surface area contributed by atoms with E-state index in [4.69, 9.17) is 9.52 Å². The Kier molecular flexibility index (Phi) is 1.75. The molecule has 2 aromatic rings. The monoisotopic (exact) mass is 210 g/mol. The number of fused-ring (bicyclic) bond motifs is 1. The van der Waals surface area contributed by atoms with E-state index in [1.807, 2.05) is 0 Å². The summed E-state index contributed by atoms with van der Waals surface area (Å²) in [5.41, 5.74) is 0.611. The molecule has 0 aromatic carbocycles. The first-order chi connectivity index (χ1) is 7.00. The van der Waals surface area contributed by atoms with Crippen LogP contribution in [0.5, 0.6) is 0 Å². The Balaban J connectivity index is 2.67. The lowest BCUT2D eigenvalue weighted by atomic mass is 10.4. The smallest absolute Gasteiger partial charge is 0.435 e. The number of aromatic carboxylic acids is 1. The van der Waals surface area contributed by atoms with E-state index >= 15 is 0 Å². The average molecular weight is 210 g/mol. The van der Waals surface area contributed by atoms with Crippen molar-refractivity contribution < 1.29 is 19.2 Å². The van der Waals surface area contributed by atoms with Gasteiger partial charge < -0.3 is 14.1 Å². The fraction of sp³-hybridized carbons (Fsp3) is 0.125. The van der Waals surface area contributed by atoms with Gasteiger partial charge in [0.1, 0.15) is 10.6 Å². The predicted octanol–water partition coefficient (Wildman–Crippen LogP) is 1.38. The van der Waals surface area contributed by atoms with Gasteiger partial charge in [-0.25, -0.2) is 4.79 Å². The molecule has 0 saturated carbocycles. The van der Waals surface area contributed by atoms with Crippen LogP contribution in [0.25, 0.3) is 11.1 Å². The van der Waals surface area contributed by atoms with Crippen molar-refractivity contribution in [2.75, 3.05) is 0 Å². The highest BCUT2D eigenvalue weighted by molar-refractivity contribution is 5.93. The summed E-state index contributed by atoms with van der Waals surface area (Å²) in [6, 6.07) is 2.45. The Bertz CT molecular complexity index is 565. The third-order valence-electron chi connectivity index (χ3n) is 2.12. The number of furan rings is 1. The fourth-order valence-corrected chi connectivity index (χ4v) is 1.39. The van der Waals surface area contributed by atoms with Crippen LogP contribution in [-0.2, 0) is 7.05 Å². The lowest BCUT2D eigenvalue weighted by Crippen LogP contribution is -2.03. The highest BCUT2D eigenvalue weighted by Crippen LogP contribution is 2.27. The number of aryl methyl sites for hydroxylation is 1. The summed E-state index contributed by atoms with van der Waals surface area (Å²) >= 11 is 0. The van der Waals surface area contributed by atoms with E-state index in [-0.39, 0.29) is 11.3 Å². The first-order valence-electron chi connectivity index (χ1n) is 3.97. The highest BCUT2D eigenvalue weighted by atomic mass is 16.6. The Morgan fingerprint density at radius 2 is 2.27 bits per heavy atom. The van der Waals surface area contributed by atoms with Crippen molar-refractivity contribution in [2.24, 2.45) is 7.05 Å². The van der Waals surface area contributed by atoms with Crippen LogP contribution in [0.3, 0.4) is 0 Å². The van der Waals surface area contributed by atoms with Crippen LogP contribution >= 0.6 is 0 Å². The number of rotatable bonds is 2. The Labute approximate surface area is 82.7 Å². The second-order valence-corrected chi connectivity index (χ2v) is 2.98. The molecule has 2 rings (SSSR count). The summed E-state index contributed by atoms with van der Waals surface area (Å²) in [5.74, 6) is -1.50. The standard InChI is InChI=1S/C8H6N2O5/c1-9-4-3-7(10(13)14)15-6(4)2-5(9)8(11)12/h2-3H,1H3,(H,11,12). The number of hydrogen-bond donors (Lipinski definition) is 1. The minimum atomic E-state index is -1.11. The average Bonchev–Trinajstić information content (AvgIpc) is 2.65. The number of aromatic nitrogens is 1. The van der Waals surface area contributed by atoms with Crippen LogP contribution in [0.4, 0.5) is 5.88 Å². The molecule has 7 nitrogen and oxygen atoms in total. The molecule has 0 fully saturated rings. The second kappa shape index (κ2) is 2.84. The minimum Gasteiger partial charge on any atom is -0.477 e. The molecule has 0 radical (unpaired) electrons. The van der Waals surface area contributed by atoms with E-state index in [0.717, 1.165) is 0 Å². The fourth-order valence-electron chi connectivity index (χ4n) is 1.39. The Morgan fingerprint density at radius 1 is 1.60 bits per heavy atom. The maximum atomic E-state index is 10.7. The van der Waals surface area contributed by atoms with E-state index in [1.54, 1.807) is 0 Å². The van der Waals surface area contributed by atoms with Crippen LogP contribution in [0, 0.1) is 10.1 Å². The third kappa shape index (κ3) is 1.25. The molecule has 0 saturated heterocycles. The van der Waals surface area contributed by atoms with Crippen molar-refractivity contribution >= 4 is 23.0 Å². The zero-order valence-electron chi connectivity index (χ0n) is 7.63. The first kappa shape index (κ1) is 9.25. The van der Waals surface area contributed by atoms with Gasteiger partial charge in [0.2, 0.25) is 0 Å². The predicted molar refractivity (Wildman–Crippen MR) is 48.8 cm³/mol. The molecular weight excluding hydrogens is 204 g/mol. The summed E-state index contributed by atoms with van der Waals surface area (Å²) in [5, 5.41) is 19.2. The number of hydrogen-bond acceptors (Lipinski definition) is 4. The molecular formula is C8H6N2O5. The van der Waals surface area contributed by atoms with Gasteiger partial charge in [0, 0.05) is 13.1 Å². The molecule has 0 amide bonds. The summed E-state index contributed by atoms with van der Waals surface area (Å²) in [6.45, 7) is 0. The normalized spacial score (nSPS) is 10.7. The van der Waals surface area contributed by atoms with Crippen molar-refractivity contribution in [2.45, 2.75) is 0 Å². The molecule has 0 bridgehead atoms. The molecule has 0 aliphatic heterocycles. The molecule has 78 valence electrons. The van der Waals surface area contributed by atoms with E-state index in [1.165, 1.54) is 23.7 Å². The lowest BCUT2D eigenvalue weighted by molar-refractivity contribution is -0.401. The van der Waals surface area contributed by atoms with Gasteiger partial charge in [-0.2, -0.15) is 0 Å². The topological polar surface area (TPSA) is 98.5 Å². The van der Waals surface area contributed by atoms with Gasteiger partial charge in [0.15, 0.2) is 5.58 Å². The quantitative estimate of drug-likeness (QED) is 0.596. The molecule has 1 N–H and O–H groups in total. The largest absolute Gasteiger partial charge is 0.477 e. The zero-order chi connectivity index (χ0) is 11.2. The number of carbonyl (C=O) groups is 1. The molecule has 0 aliphatic carbocycles. The first-order valence-corrected chi connectivity index (χ1v) is 3.97. The lowest BCUT2D eigenvalue weighted by Gasteiger charge is -1.95. The molecule has 2 heterocycles. The molecule has 0 aliphatic rings. The number of carboxylic acids is 1. The van der Waals surface area contributed by atoms with E-state index in [9.17, 15) is 14.9 Å². The maximum Gasteiger partial charge on any atom is 0.435 e. The minimum absolute atomic E-state index is 0.0265. The van der Waals surface area contributed by atoms with Gasteiger partial charge in [0.25, 0.3) is 0 Å². The third-order valence-corrected chi connectivity index (χ3v) is 2.12. The molecule has 0 unspecified atom stereocenters. The molecule has 7 heteroatoms. The Hall–Kier alpha value is -2.31. The van der Waals surface area contributed by atoms with Gasteiger partial charge in [-0.1, -0.05) is 0 Å². The van der Waals surface area contributed by atoms with Crippen LogP contribution < -0.4 is 0 Å². The summed E-state index contributed by atoms with van der Waals surface area (Å²) in [4.78, 5) is 20.4. The molecule has 0 spiro atoms. The summed E-state index contributed by atoms with van der Waals surface area (Å²) < 4.78 is 6.19. The van der Waals surface area contributed by atoms with E-state index < -0.39 is 16.8 Å². The Morgan fingerprint density at radius 3 is 2.73 bits per heavy atom. The second-order valence-electron chi connectivity index (χ2n) is 2.98. The number of nitro groups is 1. The van der Waals surface area contributed by atoms with E-state index in [0.29, 0.717) is 5.52 Å². The van der Waals surface area contributed by atoms with Crippen molar-refractivity contribution in [3.63, 3.8) is 0 Å². The van der Waals surface area contributed by atoms with Gasteiger partial charge in [-0.05, 0) is 0 Å². The van der Waals surface area contributed by atoms with Gasteiger partial charge in [0.05, 0.1) is 11.6 Å². The number of carboxylic acid groups (broad SMARTS) is 1. The molecule has 0 atom stereocenters. The van der Waals surface area contributed by atoms with Gasteiger partial charge in [-0.3, -0.25) is 10.1 Å². The maximum absolute atomic E-state index is 10.7. The van der Waals surface area contributed by atoms with Crippen molar-refractivity contribution in [3.8, 4) is 0 Å². The molecule has 15 heavy (non-hydrogen) atoms.